The number of benzene rings is 1. The van der Waals surface area contributed by atoms with Crippen LogP contribution in [0.5, 0.6) is 5.75 Å². The van der Waals surface area contributed by atoms with Crippen molar-refractivity contribution in [1.29, 1.82) is 0 Å². The standard InChI is InChI=1S/C21H33NO5/c1-7-21(6,8-2)14-26-16-11-9-15(10-12-16)13-17(18(23)24)22-19(25)27-20(3,4)5/h9-12,17H,7-8,13-14H2,1-6H3,(H,22,25)(H,23,24). The van der Waals surface area contributed by atoms with Gasteiger partial charge >= 0.3 is 12.1 Å². The first-order chi connectivity index (χ1) is 12.5. The number of aliphatic carboxylic acids is 1. The summed E-state index contributed by atoms with van der Waals surface area (Å²) in [6, 6.07) is 6.23. The molecular formula is C21H33NO5. The monoisotopic (exact) mass is 379 g/mol. The molecule has 0 aliphatic carbocycles. The van der Waals surface area contributed by atoms with Gasteiger partial charge < -0.3 is 19.9 Å². The molecule has 0 saturated carbocycles. The van der Waals surface area contributed by atoms with E-state index >= 15 is 0 Å². The summed E-state index contributed by atoms with van der Waals surface area (Å²) < 4.78 is 11.0. The summed E-state index contributed by atoms with van der Waals surface area (Å²) in [5.41, 5.74) is 0.252. The van der Waals surface area contributed by atoms with Crippen LogP contribution in [0.2, 0.25) is 0 Å². The fourth-order valence-electron chi connectivity index (χ4n) is 2.32. The summed E-state index contributed by atoms with van der Waals surface area (Å²) in [5.74, 6) is -0.360. The zero-order chi connectivity index (χ0) is 20.7. The van der Waals surface area contributed by atoms with Gasteiger partial charge in [0.1, 0.15) is 17.4 Å². The Morgan fingerprint density at radius 3 is 2.07 bits per heavy atom. The molecule has 0 aliphatic heterocycles. The molecule has 1 aromatic carbocycles. The third-order valence-electron chi connectivity index (χ3n) is 4.65. The second-order valence-electron chi connectivity index (χ2n) is 8.19. The van der Waals surface area contributed by atoms with Crippen molar-refractivity contribution in [1.82, 2.24) is 5.32 Å². The number of carbonyl (C=O) groups excluding carboxylic acids is 1. The molecule has 1 atom stereocenters. The van der Waals surface area contributed by atoms with Crippen LogP contribution in [0.15, 0.2) is 24.3 Å². The molecule has 2 N–H and O–H groups in total. The van der Waals surface area contributed by atoms with Crippen LogP contribution >= 0.6 is 0 Å². The van der Waals surface area contributed by atoms with Gasteiger partial charge in [0.05, 0.1) is 6.61 Å². The zero-order valence-corrected chi connectivity index (χ0v) is 17.3. The molecule has 0 bridgehead atoms. The van der Waals surface area contributed by atoms with Crippen molar-refractivity contribution in [2.24, 2.45) is 5.41 Å². The van der Waals surface area contributed by atoms with Crippen molar-refractivity contribution >= 4 is 12.1 Å². The Kier molecular flexibility index (Phi) is 8.13. The van der Waals surface area contributed by atoms with Crippen molar-refractivity contribution in [3.63, 3.8) is 0 Å². The molecular weight excluding hydrogens is 346 g/mol. The van der Waals surface area contributed by atoms with Gasteiger partial charge in [0.2, 0.25) is 0 Å². The van der Waals surface area contributed by atoms with E-state index in [-0.39, 0.29) is 11.8 Å². The van der Waals surface area contributed by atoms with Crippen molar-refractivity contribution in [2.45, 2.75) is 72.4 Å². The van der Waals surface area contributed by atoms with Crippen LogP contribution in [0.4, 0.5) is 4.79 Å². The smallest absolute Gasteiger partial charge is 0.408 e. The van der Waals surface area contributed by atoms with E-state index in [4.69, 9.17) is 9.47 Å². The summed E-state index contributed by atoms with van der Waals surface area (Å²) in [6.07, 6.45) is 1.50. The number of carboxylic acids is 1. The summed E-state index contributed by atoms with van der Waals surface area (Å²) in [7, 11) is 0. The lowest BCUT2D eigenvalue weighted by molar-refractivity contribution is -0.139. The number of carboxylic acid groups (broad SMARTS) is 1. The number of rotatable bonds is 9. The topological polar surface area (TPSA) is 84.9 Å². The fourth-order valence-corrected chi connectivity index (χ4v) is 2.32. The van der Waals surface area contributed by atoms with Gasteiger partial charge in [-0.3, -0.25) is 0 Å². The zero-order valence-electron chi connectivity index (χ0n) is 17.3. The van der Waals surface area contributed by atoms with Crippen molar-refractivity contribution in [2.75, 3.05) is 6.61 Å². The van der Waals surface area contributed by atoms with E-state index in [0.29, 0.717) is 6.61 Å². The lowest BCUT2D eigenvalue weighted by atomic mass is 9.86. The van der Waals surface area contributed by atoms with Crippen LogP contribution in [0.3, 0.4) is 0 Å². The van der Waals surface area contributed by atoms with Gasteiger partial charge in [0, 0.05) is 11.8 Å². The fraction of sp³-hybridized carbons (Fsp3) is 0.619. The molecule has 1 amide bonds. The number of alkyl carbamates (subject to hydrolysis) is 1. The maximum absolute atomic E-state index is 11.8. The lowest BCUT2D eigenvalue weighted by Gasteiger charge is -2.26. The molecule has 152 valence electrons. The summed E-state index contributed by atoms with van der Waals surface area (Å²) in [4.78, 5) is 23.3. The minimum absolute atomic E-state index is 0.143. The van der Waals surface area contributed by atoms with Gasteiger partial charge in [-0.05, 0) is 51.3 Å². The van der Waals surface area contributed by atoms with Crippen LogP contribution in [-0.2, 0) is 16.0 Å². The average Bonchev–Trinajstić information content (AvgIpc) is 2.58. The summed E-state index contributed by atoms with van der Waals surface area (Å²) >= 11 is 0. The Morgan fingerprint density at radius 2 is 1.63 bits per heavy atom. The molecule has 0 aromatic heterocycles. The Balaban J connectivity index is 2.68. The van der Waals surface area contributed by atoms with Crippen molar-refractivity contribution in [3.8, 4) is 5.75 Å². The van der Waals surface area contributed by atoms with E-state index in [1.165, 1.54) is 0 Å². The minimum atomic E-state index is -1.11. The predicted octanol–water partition coefficient (Wildman–Crippen LogP) is 4.41. The van der Waals surface area contributed by atoms with E-state index in [0.717, 1.165) is 24.2 Å². The Morgan fingerprint density at radius 1 is 1.07 bits per heavy atom. The second-order valence-corrected chi connectivity index (χ2v) is 8.19. The molecule has 27 heavy (non-hydrogen) atoms. The highest BCUT2D eigenvalue weighted by Crippen LogP contribution is 2.26. The maximum atomic E-state index is 11.8. The highest BCUT2D eigenvalue weighted by molar-refractivity contribution is 5.80. The van der Waals surface area contributed by atoms with E-state index < -0.39 is 23.7 Å². The first-order valence-corrected chi connectivity index (χ1v) is 9.42. The SMILES string of the molecule is CCC(C)(CC)COc1ccc(CC(NC(=O)OC(C)(C)C)C(=O)O)cc1. The van der Waals surface area contributed by atoms with E-state index in [1.807, 2.05) is 24.3 Å². The van der Waals surface area contributed by atoms with Gasteiger partial charge in [-0.25, -0.2) is 9.59 Å². The van der Waals surface area contributed by atoms with Crippen LogP contribution in [0.25, 0.3) is 0 Å². The number of nitrogens with one attached hydrogen (secondary N) is 1. The minimum Gasteiger partial charge on any atom is -0.493 e. The third kappa shape index (κ3) is 8.33. The largest absolute Gasteiger partial charge is 0.493 e. The molecule has 1 rings (SSSR count). The molecule has 6 nitrogen and oxygen atoms in total. The average molecular weight is 379 g/mol. The summed E-state index contributed by atoms with van der Waals surface area (Å²) in [5, 5.41) is 11.8. The van der Waals surface area contributed by atoms with Gasteiger partial charge in [-0.1, -0.05) is 32.9 Å². The Hall–Kier alpha value is -2.24. The second kappa shape index (κ2) is 9.62. The number of ether oxygens (including phenoxy) is 2. The number of carbonyl (C=O) groups is 2. The molecule has 0 heterocycles. The molecule has 0 aliphatic rings. The highest BCUT2D eigenvalue weighted by Gasteiger charge is 2.24. The normalized spacial score (nSPS) is 13.0. The van der Waals surface area contributed by atoms with Crippen LogP contribution in [0.1, 0.15) is 59.9 Å². The maximum Gasteiger partial charge on any atom is 0.408 e. The number of hydrogen-bond acceptors (Lipinski definition) is 4. The quantitative estimate of drug-likeness (QED) is 0.664. The molecule has 6 heteroatoms. The number of amides is 1. The third-order valence-corrected chi connectivity index (χ3v) is 4.65. The Bertz CT molecular complexity index is 614. The van der Waals surface area contributed by atoms with Crippen molar-refractivity contribution in [3.05, 3.63) is 29.8 Å². The van der Waals surface area contributed by atoms with E-state index in [1.54, 1.807) is 20.8 Å². The van der Waals surface area contributed by atoms with Gasteiger partial charge in [-0.15, -0.1) is 0 Å². The predicted molar refractivity (Wildman–Crippen MR) is 105 cm³/mol. The van der Waals surface area contributed by atoms with Gasteiger partial charge in [0.15, 0.2) is 0 Å². The van der Waals surface area contributed by atoms with Crippen LogP contribution in [-0.4, -0.2) is 35.4 Å². The molecule has 0 spiro atoms. The lowest BCUT2D eigenvalue weighted by Crippen LogP contribution is -2.44. The van der Waals surface area contributed by atoms with E-state index in [9.17, 15) is 14.7 Å². The first-order valence-electron chi connectivity index (χ1n) is 9.42. The molecule has 0 radical (unpaired) electrons. The van der Waals surface area contributed by atoms with Crippen LogP contribution < -0.4 is 10.1 Å². The summed E-state index contributed by atoms with van der Waals surface area (Å²) in [6.45, 7) is 12.3. The molecule has 1 unspecified atom stereocenters. The molecule has 0 fully saturated rings. The van der Waals surface area contributed by atoms with E-state index in [2.05, 4.69) is 26.1 Å². The van der Waals surface area contributed by atoms with Gasteiger partial charge in [-0.2, -0.15) is 0 Å². The Labute approximate surface area is 162 Å². The number of hydrogen-bond donors (Lipinski definition) is 2. The highest BCUT2D eigenvalue weighted by atomic mass is 16.6. The first kappa shape index (κ1) is 22.8. The van der Waals surface area contributed by atoms with Gasteiger partial charge in [0.25, 0.3) is 0 Å². The van der Waals surface area contributed by atoms with Crippen molar-refractivity contribution < 1.29 is 24.2 Å². The van der Waals surface area contributed by atoms with Crippen LogP contribution in [0, 0.1) is 5.41 Å². The molecule has 0 saturated heterocycles. The molecule has 1 aromatic rings.